The molecular weight excluding hydrogens is 432 g/mol. The van der Waals surface area contributed by atoms with E-state index in [0.717, 1.165) is 26.1 Å². The zero-order valence-corrected chi connectivity index (χ0v) is 20.0. The summed E-state index contributed by atoms with van der Waals surface area (Å²) in [5, 5.41) is 23.1. The first-order chi connectivity index (χ1) is 15.1. The number of carboxylic acid groups (broad SMARTS) is 1. The first kappa shape index (κ1) is 23.5. The number of hydrogen-bond donors (Lipinski definition) is 3. The van der Waals surface area contributed by atoms with Crippen molar-refractivity contribution in [2.75, 3.05) is 40.3 Å². The Hall–Kier alpha value is -1.62. The molecule has 178 valence electrons. The second-order valence-corrected chi connectivity index (χ2v) is 11.0. The lowest BCUT2D eigenvalue weighted by molar-refractivity contribution is -0.163. The molecule has 0 aliphatic carbocycles. The molecule has 2 amide bonds. The summed E-state index contributed by atoms with van der Waals surface area (Å²) in [5.74, 6) is -1.47. The number of aliphatic carboxylic acids is 1. The van der Waals surface area contributed by atoms with E-state index in [4.69, 9.17) is 0 Å². The largest absolute Gasteiger partial charge is 0.477 e. The second-order valence-electron chi connectivity index (χ2n) is 9.70. The Kier molecular flexibility index (Phi) is 6.59. The van der Waals surface area contributed by atoms with Crippen molar-refractivity contribution in [3.63, 3.8) is 0 Å². The Morgan fingerprint density at radius 3 is 2.66 bits per heavy atom. The number of likely N-dealkylation sites (tertiary alicyclic amines) is 2. The van der Waals surface area contributed by atoms with E-state index >= 15 is 0 Å². The molecule has 32 heavy (non-hydrogen) atoms. The highest BCUT2D eigenvalue weighted by atomic mass is 32.2. The molecule has 0 saturated carbocycles. The lowest BCUT2D eigenvalue weighted by Gasteiger charge is -2.46. The first-order valence-corrected chi connectivity index (χ1v) is 12.3. The minimum absolute atomic E-state index is 0.0567. The Morgan fingerprint density at radius 2 is 2.03 bits per heavy atom. The summed E-state index contributed by atoms with van der Waals surface area (Å²) < 4.78 is 0. The number of hydrogen-bond acceptors (Lipinski definition) is 7. The molecule has 0 aromatic heterocycles. The molecule has 9 nitrogen and oxygen atoms in total. The van der Waals surface area contributed by atoms with Crippen LogP contribution in [0.1, 0.15) is 26.7 Å². The van der Waals surface area contributed by atoms with Gasteiger partial charge in [-0.1, -0.05) is 6.92 Å². The Bertz CT molecular complexity index is 833. The van der Waals surface area contributed by atoms with Crippen molar-refractivity contribution >= 4 is 29.5 Å². The summed E-state index contributed by atoms with van der Waals surface area (Å²) in [4.78, 5) is 43.8. The number of aliphatic hydroxyl groups is 1. The number of nitrogens with zero attached hydrogens (tertiary/aromatic N) is 3. The van der Waals surface area contributed by atoms with Gasteiger partial charge in [-0.3, -0.25) is 14.5 Å². The fraction of sp³-hybridized carbons (Fsp3) is 0.773. The van der Waals surface area contributed by atoms with Crippen molar-refractivity contribution in [3.8, 4) is 0 Å². The highest BCUT2D eigenvalue weighted by molar-refractivity contribution is 8.03. The van der Waals surface area contributed by atoms with Crippen molar-refractivity contribution in [2.24, 2.45) is 17.8 Å². The number of likely N-dealkylation sites (N-methyl/N-ethyl adjacent to an activating group) is 1. The number of thioether (sulfide) groups is 1. The van der Waals surface area contributed by atoms with Crippen LogP contribution < -0.4 is 5.32 Å². The van der Waals surface area contributed by atoms with E-state index in [0.29, 0.717) is 23.8 Å². The molecule has 0 bridgehead atoms. The predicted molar refractivity (Wildman–Crippen MR) is 121 cm³/mol. The maximum Gasteiger partial charge on any atom is 0.353 e. The molecule has 4 heterocycles. The van der Waals surface area contributed by atoms with Gasteiger partial charge >= 0.3 is 5.97 Å². The molecule has 0 aromatic carbocycles. The van der Waals surface area contributed by atoms with Gasteiger partial charge in [-0.05, 0) is 46.3 Å². The fourth-order valence-electron chi connectivity index (χ4n) is 5.88. The molecule has 3 N–H and O–H groups in total. The van der Waals surface area contributed by atoms with Gasteiger partial charge in [-0.2, -0.15) is 0 Å². The van der Waals surface area contributed by atoms with Gasteiger partial charge in [-0.25, -0.2) is 4.79 Å². The molecule has 4 aliphatic rings. The van der Waals surface area contributed by atoms with E-state index < -0.39 is 18.0 Å². The number of rotatable bonds is 7. The number of carbonyl (C=O) groups is 3. The second kappa shape index (κ2) is 8.96. The van der Waals surface area contributed by atoms with E-state index in [-0.39, 0.29) is 40.8 Å². The molecule has 0 radical (unpaired) electrons. The van der Waals surface area contributed by atoms with Gasteiger partial charge in [0, 0.05) is 35.7 Å². The van der Waals surface area contributed by atoms with Gasteiger partial charge in [0.15, 0.2) is 0 Å². The quantitative estimate of drug-likeness (QED) is 0.450. The van der Waals surface area contributed by atoms with Gasteiger partial charge < -0.3 is 25.3 Å². The Labute approximate surface area is 193 Å². The summed E-state index contributed by atoms with van der Waals surface area (Å²) in [6.45, 7) is 6.70. The van der Waals surface area contributed by atoms with Crippen LogP contribution in [0.15, 0.2) is 10.6 Å². The van der Waals surface area contributed by atoms with Crippen molar-refractivity contribution in [3.05, 3.63) is 10.6 Å². The minimum atomic E-state index is -1.11. The van der Waals surface area contributed by atoms with Crippen LogP contribution in [0, 0.1) is 17.8 Å². The summed E-state index contributed by atoms with van der Waals surface area (Å²) in [6.07, 6.45) is 0.871. The topological polar surface area (TPSA) is 113 Å². The molecule has 3 fully saturated rings. The molecule has 4 rings (SSSR count). The highest BCUT2D eigenvalue weighted by Crippen LogP contribution is 2.52. The van der Waals surface area contributed by atoms with E-state index in [2.05, 4.69) is 10.2 Å². The van der Waals surface area contributed by atoms with Gasteiger partial charge in [0.1, 0.15) is 5.70 Å². The molecular formula is C22H34N4O5S. The van der Waals surface area contributed by atoms with Crippen LogP contribution in [-0.2, 0) is 14.4 Å². The third-order valence-corrected chi connectivity index (χ3v) is 8.98. The van der Waals surface area contributed by atoms with Crippen LogP contribution in [0.5, 0.6) is 0 Å². The van der Waals surface area contributed by atoms with E-state index in [1.165, 1.54) is 16.7 Å². The number of nitrogens with one attached hydrogen (secondary N) is 1. The maximum absolute atomic E-state index is 13.2. The third kappa shape index (κ3) is 3.85. The summed E-state index contributed by atoms with van der Waals surface area (Å²) in [7, 11) is 3.88. The number of aliphatic hydroxyl groups excluding tert-OH is 1. The minimum Gasteiger partial charge on any atom is -0.477 e. The smallest absolute Gasteiger partial charge is 0.353 e. The monoisotopic (exact) mass is 466 g/mol. The summed E-state index contributed by atoms with van der Waals surface area (Å²) in [6, 6.07) is -0.503. The number of amides is 2. The highest BCUT2D eigenvalue weighted by Gasteiger charge is 2.60. The molecule has 3 saturated heterocycles. The number of β-lactam (4-membered cyclic amide) rings is 1. The normalized spacial score (nSPS) is 36.0. The van der Waals surface area contributed by atoms with Crippen molar-refractivity contribution in [2.45, 2.75) is 50.1 Å². The molecule has 4 aliphatic heterocycles. The van der Waals surface area contributed by atoms with E-state index in [1.54, 1.807) is 6.92 Å². The van der Waals surface area contributed by atoms with Gasteiger partial charge in [-0.15, -0.1) is 11.8 Å². The SMILES string of the molecule is CNC[C@@H]1CCN(C(=O)[C@@H]2C[C@H](SC3=C(C(=O)O)N4C(=O)[C@H]([C@@H](C)O)[C@H]4[C@H]3C)CN2C)C1. The zero-order valence-electron chi connectivity index (χ0n) is 19.2. The Morgan fingerprint density at radius 1 is 1.31 bits per heavy atom. The van der Waals surface area contributed by atoms with Gasteiger partial charge in [0.2, 0.25) is 11.8 Å². The standard InChI is InChI=1S/C22H34N4O5S/c1-11-17-16(12(2)27)21(29)26(17)18(22(30)31)19(11)32-14-7-15(24(4)10-14)20(28)25-6-5-13(9-25)8-23-3/h11-17,23,27H,5-10H2,1-4H3,(H,30,31)/t11-,12-,13+,14+,15+,16-,17-/m1/s1. The average molecular weight is 467 g/mol. The molecule has 7 atom stereocenters. The summed E-state index contributed by atoms with van der Waals surface area (Å²) >= 11 is 1.50. The zero-order chi connectivity index (χ0) is 23.3. The lowest BCUT2D eigenvalue weighted by Crippen LogP contribution is -2.63. The van der Waals surface area contributed by atoms with E-state index in [9.17, 15) is 24.6 Å². The van der Waals surface area contributed by atoms with Crippen LogP contribution in [0.2, 0.25) is 0 Å². The molecule has 0 aromatic rings. The van der Waals surface area contributed by atoms with Crippen LogP contribution in [0.3, 0.4) is 0 Å². The van der Waals surface area contributed by atoms with Crippen molar-refractivity contribution in [1.82, 2.24) is 20.0 Å². The van der Waals surface area contributed by atoms with Crippen LogP contribution in [0.25, 0.3) is 0 Å². The van der Waals surface area contributed by atoms with E-state index in [1.807, 2.05) is 25.9 Å². The van der Waals surface area contributed by atoms with Crippen LogP contribution in [0.4, 0.5) is 0 Å². The third-order valence-electron chi connectivity index (χ3n) is 7.49. The Balaban J connectivity index is 1.45. The van der Waals surface area contributed by atoms with Gasteiger partial charge in [0.25, 0.3) is 0 Å². The van der Waals surface area contributed by atoms with Crippen molar-refractivity contribution < 1.29 is 24.6 Å². The number of carboxylic acids is 1. The van der Waals surface area contributed by atoms with Crippen LogP contribution >= 0.6 is 11.8 Å². The first-order valence-electron chi connectivity index (χ1n) is 11.4. The maximum atomic E-state index is 13.2. The number of fused-ring (bicyclic) bond motifs is 1. The predicted octanol–water partition coefficient (Wildman–Crippen LogP) is 0.0139. The van der Waals surface area contributed by atoms with Gasteiger partial charge in [0.05, 0.1) is 24.1 Å². The summed E-state index contributed by atoms with van der Waals surface area (Å²) in [5.41, 5.74) is 0.0567. The molecule has 0 spiro atoms. The lowest BCUT2D eigenvalue weighted by atomic mass is 9.79. The van der Waals surface area contributed by atoms with Crippen molar-refractivity contribution in [1.29, 1.82) is 0 Å². The molecule has 0 unspecified atom stereocenters. The fourth-order valence-corrected chi connectivity index (χ4v) is 7.48. The van der Waals surface area contributed by atoms with Crippen LogP contribution in [-0.4, -0.2) is 106 Å². The molecule has 10 heteroatoms. The average Bonchev–Trinajstić information content (AvgIpc) is 3.38. The number of carbonyl (C=O) groups excluding carboxylic acids is 2.